The van der Waals surface area contributed by atoms with Crippen LogP contribution in [-0.4, -0.2) is 23.2 Å². The van der Waals surface area contributed by atoms with Gasteiger partial charge in [0.15, 0.2) is 0 Å². The summed E-state index contributed by atoms with van der Waals surface area (Å²) in [5.74, 6) is 0. The third-order valence-electron chi connectivity index (χ3n) is 2.59. The van der Waals surface area contributed by atoms with Crippen LogP contribution in [0.5, 0.6) is 0 Å². The van der Waals surface area contributed by atoms with E-state index in [4.69, 9.17) is 17.3 Å². The molecule has 0 aromatic carbocycles. The Hall–Kier alpha value is -1.19. The van der Waals surface area contributed by atoms with Crippen LogP contribution in [0.25, 0.3) is 0 Å². The minimum atomic E-state index is -0.292. The minimum Gasteiger partial charge on any atom is -0.329 e. The van der Waals surface area contributed by atoms with E-state index >= 15 is 0 Å². The molecule has 1 atom stereocenters. The summed E-state index contributed by atoms with van der Waals surface area (Å²) in [6, 6.07) is 5.80. The van der Waals surface area contributed by atoms with E-state index in [0.29, 0.717) is 18.3 Å². The zero-order chi connectivity index (χ0) is 10.7. The van der Waals surface area contributed by atoms with Crippen molar-refractivity contribution in [3.8, 4) is 0 Å². The standard InChI is InChI=1S/C11H12ClN3/c12-10-4-5-11(7-13,8-15-10)9-3-1-2-6-14-9/h1-6H,7-8,13H2. The monoisotopic (exact) mass is 221 g/mol. The SMILES string of the molecule is NCC1(c2ccccn2)C=CC(Cl)=NC1. The van der Waals surface area contributed by atoms with Crippen molar-refractivity contribution in [1.29, 1.82) is 0 Å². The molecule has 3 nitrogen and oxygen atoms in total. The minimum absolute atomic E-state index is 0.292. The first-order chi connectivity index (χ1) is 7.27. The number of rotatable bonds is 2. The molecule has 78 valence electrons. The molecule has 2 heterocycles. The van der Waals surface area contributed by atoms with Crippen molar-refractivity contribution < 1.29 is 0 Å². The lowest BCUT2D eigenvalue weighted by Crippen LogP contribution is -2.38. The van der Waals surface area contributed by atoms with Crippen molar-refractivity contribution in [1.82, 2.24) is 4.98 Å². The molecular weight excluding hydrogens is 210 g/mol. The fraction of sp³-hybridized carbons (Fsp3) is 0.273. The molecule has 1 aromatic rings. The van der Waals surface area contributed by atoms with Crippen molar-refractivity contribution >= 4 is 16.8 Å². The van der Waals surface area contributed by atoms with Gasteiger partial charge in [-0.3, -0.25) is 9.98 Å². The highest BCUT2D eigenvalue weighted by Gasteiger charge is 2.30. The number of nitrogens with zero attached hydrogens (tertiary/aromatic N) is 2. The molecule has 1 aromatic heterocycles. The number of dihydropyridines is 1. The third kappa shape index (κ3) is 1.94. The lowest BCUT2D eigenvalue weighted by Gasteiger charge is -2.28. The first-order valence-corrected chi connectivity index (χ1v) is 5.15. The third-order valence-corrected chi connectivity index (χ3v) is 2.84. The second kappa shape index (κ2) is 4.13. The largest absolute Gasteiger partial charge is 0.329 e. The van der Waals surface area contributed by atoms with Crippen LogP contribution >= 0.6 is 11.6 Å². The Bertz CT molecular complexity index is 400. The summed E-state index contributed by atoms with van der Waals surface area (Å²) < 4.78 is 0. The van der Waals surface area contributed by atoms with E-state index in [2.05, 4.69) is 9.98 Å². The van der Waals surface area contributed by atoms with Crippen LogP contribution in [0.4, 0.5) is 0 Å². The van der Waals surface area contributed by atoms with Crippen LogP contribution in [-0.2, 0) is 5.41 Å². The first kappa shape index (κ1) is 10.3. The van der Waals surface area contributed by atoms with Gasteiger partial charge < -0.3 is 5.73 Å². The molecule has 2 rings (SSSR count). The lowest BCUT2D eigenvalue weighted by atomic mass is 9.82. The number of nitrogens with two attached hydrogens (primary N) is 1. The van der Waals surface area contributed by atoms with Gasteiger partial charge in [-0.25, -0.2) is 0 Å². The normalized spacial score (nSPS) is 25.1. The van der Waals surface area contributed by atoms with Gasteiger partial charge in [-0.05, 0) is 18.2 Å². The van der Waals surface area contributed by atoms with E-state index in [-0.39, 0.29) is 5.41 Å². The maximum absolute atomic E-state index is 5.81. The summed E-state index contributed by atoms with van der Waals surface area (Å²) in [6.45, 7) is 1.05. The molecule has 0 saturated heterocycles. The second-order valence-electron chi connectivity index (χ2n) is 3.55. The van der Waals surface area contributed by atoms with Crippen LogP contribution < -0.4 is 5.73 Å². The smallest absolute Gasteiger partial charge is 0.123 e. The molecule has 1 aliphatic rings. The number of pyridine rings is 1. The van der Waals surface area contributed by atoms with E-state index in [9.17, 15) is 0 Å². The molecule has 0 spiro atoms. The summed E-state index contributed by atoms with van der Waals surface area (Å²) in [5.41, 5.74) is 6.46. The molecule has 2 N–H and O–H groups in total. The van der Waals surface area contributed by atoms with Crippen LogP contribution in [0.1, 0.15) is 5.69 Å². The highest BCUT2D eigenvalue weighted by molar-refractivity contribution is 6.68. The Morgan fingerprint density at radius 1 is 1.47 bits per heavy atom. The van der Waals surface area contributed by atoms with Gasteiger partial charge in [0.2, 0.25) is 0 Å². The summed E-state index contributed by atoms with van der Waals surface area (Å²) in [4.78, 5) is 8.53. The number of hydrogen-bond donors (Lipinski definition) is 1. The molecule has 15 heavy (non-hydrogen) atoms. The molecular formula is C11H12ClN3. The lowest BCUT2D eigenvalue weighted by molar-refractivity contribution is 0.540. The van der Waals surface area contributed by atoms with Crippen LogP contribution in [0.15, 0.2) is 41.5 Å². The number of hydrogen-bond acceptors (Lipinski definition) is 3. The van der Waals surface area contributed by atoms with E-state index < -0.39 is 0 Å². The van der Waals surface area contributed by atoms with Gasteiger partial charge in [0, 0.05) is 12.7 Å². The van der Waals surface area contributed by atoms with Crippen LogP contribution in [0, 0.1) is 0 Å². The topological polar surface area (TPSA) is 51.3 Å². The van der Waals surface area contributed by atoms with Crippen molar-refractivity contribution in [3.05, 3.63) is 42.2 Å². The first-order valence-electron chi connectivity index (χ1n) is 4.78. The van der Waals surface area contributed by atoms with E-state index in [1.807, 2.05) is 24.3 Å². The van der Waals surface area contributed by atoms with Gasteiger partial charge in [-0.1, -0.05) is 23.7 Å². The van der Waals surface area contributed by atoms with Gasteiger partial charge in [0.25, 0.3) is 0 Å². The molecule has 0 fully saturated rings. The molecule has 0 aliphatic carbocycles. The number of aliphatic imine (C=N–C) groups is 1. The van der Waals surface area contributed by atoms with E-state index in [1.54, 1.807) is 12.3 Å². The fourth-order valence-electron chi connectivity index (χ4n) is 1.61. The Kier molecular flexibility index (Phi) is 2.84. The Morgan fingerprint density at radius 3 is 2.87 bits per heavy atom. The Balaban J connectivity index is 2.37. The van der Waals surface area contributed by atoms with Crippen molar-refractivity contribution in [2.45, 2.75) is 5.41 Å². The van der Waals surface area contributed by atoms with Gasteiger partial charge in [-0.15, -0.1) is 0 Å². The summed E-state index contributed by atoms with van der Waals surface area (Å²) in [6.07, 6.45) is 5.54. The zero-order valence-corrected chi connectivity index (χ0v) is 8.98. The highest BCUT2D eigenvalue weighted by Crippen LogP contribution is 2.26. The molecule has 0 bridgehead atoms. The number of aromatic nitrogens is 1. The van der Waals surface area contributed by atoms with Crippen molar-refractivity contribution in [3.63, 3.8) is 0 Å². The fourth-order valence-corrected chi connectivity index (χ4v) is 1.73. The van der Waals surface area contributed by atoms with Gasteiger partial charge in [-0.2, -0.15) is 0 Å². The Morgan fingerprint density at radius 2 is 2.33 bits per heavy atom. The summed E-state index contributed by atoms with van der Waals surface area (Å²) in [5, 5.41) is 0.523. The van der Waals surface area contributed by atoms with Gasteiger partial charge in [0.1, 0.15) is 5.17 Å². The number of allylic oxidation sites excluding steroid dienone is 1. The van der Waals surface area contributed by atoms with Crippen molar-refractivity contribution in [2.75, 3.05) is 13.1 Å². The molecule has 1 unspecified atom stereocenters. The van der Waals surface area contributed by atoms with E-state index in [1.165, 1.54) is 0 Å². The highest BCUT2D eigenvalue weighted by atomic mass is 35.5. The van der Waals surface area contributed by atoms with Crippen LogP contribution in [0.3, 0.4) is 0 Å². The second-order valence-corrected chi connectivity index (χ2v) is 3.93. The molecule has 0 saturated carbocycles. The molecule has 4 heteroatoms. The zero-order valence-electron chi connectivity index (χ0n) is 8.23. The average molecular weight is 222 g/mol. The quantitative estimate of drug-likeness (QED) is 0.823. The molecule has 1 aliphatic heterocycles. The van der Waals surface area contributed by atoms with Crippen molar-refractivity contribution in [2.24, 2.45) is 10.7 Å². The van der Waals surface area contributed by atoms with Crippen LogP contribution in [0.2, 0.25) is 0 Å². The molecule has 0 radical (unpaired) electrons. The maximum Gasteiger partial charge on any atom is 0.123 e. The summed E-state index contributed by atoms with van der Waals surface area (Å²) in [7, 11) is 0. The molecule has 0 amide bonds. The summed E-state index contributed by atoms with van der Waals surface area (Å²) >= 11 is 5.79. The Labute approximate surface area is 93.7 Å². The van der Waals surface area contributed by atoms with Gasteiger partial charge >= 0.3 is 0 Å². The average Bonchev–Trinajstić information content (AvgIpc) is 2.32. The predicted octanol–water partition coefficient (Wildman–Crippen LogP) is 1.49. The van der Waals surface area contributed by atoms with E-state index in [0.717, 1.165) is 5.69 Å². The van der Waals surface area contributed by atoms with Gasteiger partial charge in [0.05, 0.1) is 17.7 Å². The predicted molar refractivity (Wildman–Crippen MR) is 62.3 cm³/mol. The number of halogens is 1. The maximum atomic E-state index is 5.81.